The number of hydrogen-bond donors (Lipinski definition) is 1. The Kier molecular flexibility index (Phi) is 3.57. The van der Waals surface area contributed by atoms with Crippen molar-refractivity contribution >= 4 is 17.0 Å². The standard InChI is InChI=1S/C16H13N3O3/c1-2-5-16(21)22-11-8-9-15(20)14(10-11)19-17-12-6-3-4-7-13(12)18-19/h2-4,6-10,20H,1,5H2. The fraction of sp³-hybridized carbons (Fsp3) is 0.0625. The van der Waals surface area contributed by atoms with E-state index in [0.29, 0.717) is 22.5 Å². The second-order valence-electron chi connectivity index (χ2n) is 4.60. The van der Waals surface area contributed by atoms with Crippen molar-refractivity contribution < 1.29 is 14.6 Å². The van der Waals surface area contributed by atoms with E-state index in [4.69, 9.17) is 4.74 Å². The van der Waals surface area contributed by atoms with Crippen molar-refractivity contribution in [1.29, 1.82) is 0 Å². The molecule has 0 amide bonds. The third-order valence-electron chi connectivity index (χ3n) is 2.99. The van der Waals surface area contributed by atoms with Gasteiger partial charge in [-0.15, -0.1) is 21.6 Å². The number of aromatic hydroxyl groups is 1. The molecule has 0 aliphatic heterocycles. The Morgan fingerprint density at radius 2 is 1.91 bits per heavy atom. The molecule has 0 radical (unpaired) electrons. The summed E-state index contributed by atoms with van der Waals surface area (Å²) in [6.07, 6.45) is 1.57. The van der Waals surface area contributed by atoms with Gasteiger partial charge in [-0.1, -0.05) is 18.2 Å². The van der Waals surface area contributed by atoms with E-state index < -0.39 is 5.97 Å². The van der Waals surface area contributed by atoms with Gasteiger partial charge in [-0.2, -0.15) is 0 Å². The Morgan fingerprint density at radius 3 is 2.55 bits per heavy atom. The number of benzene rings is 2. The van der Waals surface area contributed by atoms with Crippen LogP contribution in [0.5, 0.6) is 11.5 Å². The zero-order chi connectivity index (χ0) is 15.5. The summed E-state index contributed by atoms with van der Waals surface area (Å²) < 4.78 is 5.16. The summed E-state index contributed by atoms with van der Waals surface area (Å²) >= 11 is 0. The van der Waals surface area contributed by atoms with E-state index in [0.717, 1.165) is 0 Å². The average Bonchev–Trinajstić information content (AvgIpc) is 2.93. The molecule has 0 bridgehead atoms. The van der Waals surface area contributed by atoms with E-state index in [-0.39, 0.29) is 12.2 Å². The molecule has 1 aromatic heterocycles. The van der Waals surface area contributed by atoms with Gasteiger partial charge in [0.1, 0.15) is 28.2 Å². The summed E-state index contributed by atoms with van der Waals surface area (Å²) in [7, 11) is 0. The number of carbonyl (C=O) groups excluding carboxylic acids is 1. The van der Waals surface area contributed by atoms with Crippen LogP contribution in [0.3, 0.4) is 0 Å². The van der Waals surface area contributed by atoms with E-state index in [1.807, 2.05) is 24.3 Å². The second kappa shape index (κ2) is 5.69. The van der Waals surface area contributed by atoms with Crippen LogP contribution in [0.4, 0.5) is 0 Å². The van der Waals surface area contributed by atoms with Crippen LogP contribution in [0, 0.1) is 0 Å². The van der Waals surface area contributed by atoms with Crippen LogP contribution in [0.25, 0.3) is 16.7 Å². The molecule has 22 heavy (non-hydrogen) atoms. The first-order chi connectivity index (χ1) is 10.7. The number of phenolic OH excluding ortho intramolecular Hbond substituents is 1. The maximum absolute atomic E-state index is 11.5. The molecule has 0 aliphatic rings. The Hall–Kier alpha value is -3.15. The number of rotatable bonds is 4. The van der Waals surface area contributed by atoms with E-state index in [9.17, 15) is 9.90 Å². The van der Waals surface area contributed by atoms with Crippen LogP contribution in [0.15, 0.2) is 55.1 Å². The number of fused-ring (bicyclic) bond motifs is 1. The molecule has 1 N–H and O–H groups in total. The van der Waals surface area contributed by atoms with Gasteiger partial charge in [0.25, 0.3) is 0 Å². The molecule has 6 nitrogen and oxygen atoms in total. The van der Waals surface area contributed by atoms with E-state index >= 15 is 0 Å². The zero-order valence-electron chi connectivity index (χ0n) is 11.6. The lowest BCUT2D eigenvalue weighted by atomic mass is 10.3. The molecule has 2 aromatic carbocycles. The highest BCUT2D eigenvalue weighted by atomic mass is 16.5. The Balaban J connectivity index is 1.98. The second-order valence-corrected chi connectivity index (χ2v) is 4.60. The van der Waals surface area contributed by atoms with E-state index in [1.165, 1.54) is 29.1 Å². The quantitative estimate of drug-likeness (QED) is 0.455. The van der Waals surface area contributed by atoms with Gasteiger partial charge in [-0.25, -0.2) is 0 Å². The van der Waals surface area contributed by atoms with Crippen molar-refractivity contribution in [2.45, 2.75) is 6.42 Å². The number of aromatic nitrogens is 3. The summed E-state index contributed by atoms with van der Waals surface area (Å²) in [6.45, 7) is 3.48. The topological polar surface area (TPSA) is 77.2 Å². The smallest absolute Gasteiger partial charge is 0.315 e. The lowest BCUT2D eigenvalue weighted by molar-refractivity contribution is -0.133. The monoisotopic (exact) mass is 295 g/mol. The van der Waals surface area contributed by atoms with Crippen molar-refractivity contribution in [2.75, 3.05) is 0 Å². The van der Waals surface area contributed by atoms with Crippen LogP contribution < -0.4 is 4.74 Å². The number of ether oxygens (including phenoxy) is 1. The van der Waals surface area contributed by atoms with Gasteiger partial charge in [0, 0.05) is 6.07 Å². The minimum Gasteiger partial charge on any atom is -0.506 e. The molecule has 0 unspecified atom stereocenters. The molecule has 0 spiro atoms. The van der Waals surface area contributed by atoms with Crippen molar-refractivity contribution in [1.82, 2.24) is 15.0 Å². The molecule has 0 atom stereocenters. The summed E-state index contributed by atoms with van der Waals surface area (Å²) in [5, 5.41) is 18.6. The molecule has 6 heteroatoms. The number of phenols is 1. The van der Waals surface area contributed by atoms with Gasteiger partial charge in [-0.3, -0.25) is 4.79 Å². The average molecular weight is 295 g/mol. The van der Waals surface area contributed by atoms with Crippen molar-refractivity contribution in [3.8, 4) is 17.2 Å². The van der Waals surface area contributed by atoms with Crippen LogP contribution in [-0.2, 0) is 4.79 Å². The highest BCUT2D eigenvalue weighted by Crippen LogP contribution is 2.26. The third kappa shape index (κ3) is 2.67. The predicted molar refractivity (Wildman–Crippen MR) is 81.0 cm³/mol. The van der Waals surface area contributed by atoms with Gasteiger partial charge in [0.05, 0.1) is 6.42 Å². The van der Waals surface area contributed by atoms with Crippen LogP contribution in [0.1, 0.15) is 6.42 Å². The van der Waals surface area contributed by atoms with Gasteiger partial charge in [-0.05, 0) is 24.3 Å². The van der Waals surface area contributed by atoms with E-state index in [1.54, 1.807) is 0 Å². The fourth-order valence-electron chi connectivity index (χ4n) is 1.99. The molecule has 3 rings (SSSR count). The minimum atomic E-state index is -0.426. The molecular weight excluding hydrogens is 282 g/mol. The number of esters is 1. The molecule has 1 heterocycles. The van der Waals surface area contributed by atoms with Crippen LogP contribution in [0.2, 0.25) is 0 Å². The minimum absolute atomic E-state index is 0.0103. The number of carbonyl (C=O) groups is 1. The van der Waals surface area contributed by atoms with Crippen molar-refractivity contribution in [3.63, 3.8) is 0 Å². The molecule has 110 valence electrons. The van der Waals surface area contributed by atoms with Crippen molar-refractivity contribution in [3.05, 3.63) is 55.1 Å². The molecule has 0 saturated carbocycles. The lowest BCUT2D eigenvalue weighted by Crippen LogP contribution is -2.07. The first-order valence-corrected chi connectivity index (χ1v) is 6.64. The number of nitrogens with zero attached hydrogens (tertiary/aromatic N) is 3. The van der Waals surface area contributed by atoms with E-state index in [2.05, 4.69) is 16.8 Å². The zero-order valence-corrected chi connectivity index (χ0v) is 11.6. The highest BCUT2D eigenvalue weighted by Gasteiger charge is 2.11. The summed E-state index contributed by atoms with van der Waals surface area (Å²) in [5.74, 6) is -0.130. The molecule has 3 aromatic rings. The van der Waals surface area contributed by atoms with Gasteiger partial charge < -0.3 is 9.84 Å². The fourth-order valence-corrected chi connectivity index (χ4v) is 1.99. The van der Waals surface area contributed by atoms with Gasteiger partial charge in [0.2, 0.25) is 0 Å². The molecule has 0 fully saturated rings. The first kappa shape index (κ1) is 13.8. The van der Waals surface area contributed by atoms with Gasteiger partial charge >= 0.3 is 5.97 Å². The normalized spacial score (nSPS) is 10.5. The molecule has 0 aliphatic carbocycles. The van der Waals surface area contributed by atoms with Crippen LogP contribution in [-0.4, -0.2) is 26.1 Å². The number of hydrogen-bond acceptors (Lipinski definition) is 5. The lowest BCUT2D eigenvalue weighted by Gasteiger charge is -2.07. The Labute approximate surface area is 126 Å². The Morgan fingerprint density at radius 1 is 1.23 bits per heavy atom. The largest absolute Gasteiger partial charge is 0.506 e. The van der Waals surface area contributed by atoms with Crippen LogP contribution >= 0.6 is 0 Å². The summed E-state index contributed by atoms with van der Waals surface area (Å²) in [6, 6.07) is 11.8. The highest BCUT2D eigenvalue weighted by molar-refractivity contribution is 5.75. The van der Waals surface area contributed by atoms with Gasteiger partial charge in [0.15, 0.2) is 0 Å². The maximum Gasteiger partial charge on any atom is 0.315 e. The summed E-state index contributed by atoms with van der Waals surface area (Å²) in [4.78, 5) is 12.8. The molecule has 0 saturated heterocycles. The predicted octanol–water partition coefficient (Wildman–Crippen LogP) is 2.61. The first-order valence-electron chi connectivity index (χ1n) is 6.64. The van der Waals surface area contributed by atoms with Crippen molar-refractivity contribution in [2.24, 2.45) is 0 Å². The third-order valence-corrected chi connectivity index (χ3v) is 2.99. The SMILES string of the molecule is C=CCC(=O)Oc1ccc(O)c(-n2nc3ccccc3n2)c1. The summed E-state index contributed by atoms with van der Waals surface area (Å²) in [5.41, 5.74) is 1.74. The molecular formula is C16H13N3O3. The maximum atomic E-state index is 11.5. The Bertz CT molecular complexity index is 822.